The van der Waals surface area contributed by atoms with Gasteiger partial charge in [0.25, 0.3) is 0 Å². The van der Waals surface area contributed by atoms with Crippen molar-refractivity contribution in [1.29, 1.82) is 0 Å². The predicted molar refractivity (Wildman–Crippen MR) is 92.1 cm³/mol. The molecule has 0 radical (unpaired) electrons. The molecule has 26 heavy (non-hydrogen) atoms. The molecule has 3 heterocycles. The van der Waals surface area contributed by atoms with E-state index in [-0.39, 0.29) is 5.69 Å². The predicted octanol–water partition coefficient (Wildman–Crippen LogP) is 3.67. The molecule has 4 rings (SSSR count). The summed E-state index contributed by atoms with van der Waals surface area (Å²) >= 11 is 0. The fourth-order valence-electron chi connectivity index (χ4n) is 2.67. The molecule has 3 aromatic heterocycles. The highest BCUT2D eigenvalue weighted by molar-refractivity contribution is 5.56. The van der Waals surface area contributed by atoms with Gasteiger partial charge in [-0.15, -0.1) is 0 Å². The third-order valence-electron chi connectivity index (χ3n) is 4.15. The first kappa shape index (κ1) is 16.4. The molecule has 0 aromatic carbocycles. The molecule has 3 N–H and O–H groups in total. The van der Waals surface area contributed by atoms with Crippen molar-refractivity contribution in [2.45, 2.75) is 31.7 Å². The summed E-state index contributed by atoms with van der Waals surface area (Å²) in [7, 11) is 0. The highest BCUT2D eigenvalue weighted by atomic mass is 19.1. The van der Waals surface area contributed by atoms with Gasteiger partial charge in [-0.05, 0) is 19.8 Å². The van der Waals surface area contributed by atoms with Crippen LogP contribution in [0.2, 0.25) is 0 Å². The van der Waals surface area contributed by atoms with E-state index in [4.69, 9.17) is 0 Å². The van der Waals surface area contributed by atoms with Crippen LogP contribution in [0.15, 0.2) is 30.7 Å². The van der Waals surface area contributed by atoms with E-state index in [1.807, 2.05) is 6.07 Å². The molecule has 0 spiro atoms. The topological polar surface area (TPSA) is 91.4 Å². The molecule has 9 heteroatoms. The van der Waals surface area contributed by atoms with Gasteiger partial charge in [-0.1, -0.05) is 0 Å². The van der Waals surface area contributed by atoms with E-state index < -0.39 is 17.7 Å². The zero-order valence-corrected chi connectivity index (χ0v) is 14.0. The van der Waals surface area contributed by atoms with Crippen molar-refractivity contribution in [1.82, 2.24) is 25.1 Å². The number of nitrogens with one attached hydrogen (secondary N) is 3. The summed E-state index contributed by atoms with van der Waals surface area (Å²) in [5.74, 6) is 0.878. The van der Waals surface area contributed by atoms with Crippen molar-refractivity contribution >= 4 is 17.5 Å². The zero-order valence-electron chi connectivity index (χ0n) is 14.0. The van der Waals surface area contributed by atoms with Gasteiger partial charge in [0.15, 0.2) is 5.82 Å². The number of aromatic nitrogens is 5. The molecule has 1 unspecified atom stereocenters. The van der Waals surface area contributed by atoms with E-state index in [1.165, 1.54) is 19.2 Å². The fourth-order valence-corrected chi connectivity index (χ4v) is 2.67. The second kappa shape index (κ2) is 6.66. The first-order valence-electron chi connectivity index (χ1n) is 8.30. The van der Waals surface area contributed by atoms with E-state index in [0.29, 0.717) is 23.4 Å². The maximum atomic E-state index is 13.8. The van der Waals surface area contributed by atoms with Crippen LogP contribution in [0.5, 0.6) is 0 Å². The van der Waals surface area contributed by atoms with E-state index in [1.54, 1.807) is 13.0 Å². The number of halogens is 2. The van der Waals surface area contributed by atoms with Crippen LogP contribution in [-0.4, -0.2) is 25.1 Å². The Labute approximate surface area is 148 Å². The third-order valence-corrected chi connectivity index (χ3v) is 4.15. The molecule has 1 fully saturated rings. The highest BCUT2D eigenvalue weighted by Crippen LogP contribution is 2.39. The summed E-state index contributed by atoms with van der Waals surface area (Å²) < 4.78 is 26.8. The van der Waals surface area contributed by atoms with Gasteiger partial charge in [0, 0.05) is 29.8 Å². The molecule has 1 aliphatic carbocycles. The van der Waals surface area contributed by atoms with Gasteiger partial charge < -0.3 is 10.6 Å². The maximum Gasteiger partial charge on any atom is 0.153 e. The molecule has 0 bridgehead atoms. The smallest absolute Gasteiger partial charge is 0.153 e. The molecule has 1 saturated carbocycles. The Bertz CT molecular complexity index is 923. The molecular weight excluding hydrogens is 340 g/mol. The minimum Gasteiger partial charge on any atom is -0.362 e. The molecule has 134 valence electrons. The second-order valence-corrected chi connectivity index (χ2v) is 6.28. The van der Waals surface area contributed by atoms with Crippen molar-refractivity contribution in [2.75, 3.05) is 10.6 Å². The number of pyridine rings is 1. The van der Waals surface area contributed by atoms with Crippen LogP contribution < -0.4 is 10.6 Å². The van der Waals surface area contributed by atoms with E-state index in [0.717, 1.165) is 18.0 Å². The first-order valence-corrected chi connectivity index (χ1v) is 8.30. The minimum atomic E-state index is -0.712. The summed E-state index contributed by atoms with van der Waals surface area (Å²) in [6.07, 6.45) is 4.75. The third kappa shape index (κ3) is 3.61. The molecule has 0 amide bonds. The zero-order chi connectivity index (χ0) is 18.1. The Hall–Kier alpha value is -3.10. The average Bonchev–Trinajstić information content (AvgIpc) is 3.35. The van der Waals surface area contributed by atoms with Crippen LogP contribution in [0.1, 0.15) is 43.1 Å². The summed E-state index contributed by atoms with van der Waals surface area (Å²) in [6, 6.07) is 3.96. The number of rotatable bonds is 6. The lowest BCUT2D eigenvalue weighted by atomic mass is 10.2. The molecule has 0 aliphatic heterocycles. The van der Waals surface area contributed by atoms with Gasteiger partial charge in [-0.3, -0.25) is 10.1 Å². The van der Waals surface area contributed by atoms with Crippen LogP contribution in [0, 0.1) is 11.6 Å². The van der Waals surface area contributed by atoms with Crippen LogP contribution in [0.3, 0.4) is 0 Å². The lowest BCUT2D eigenvalue weighted by Gasteiger charge is -2.15. The standard InChI is InChI=1S/C17H17F2N7/c1-9(17-12(19)4-11(18)7-20-17)23-14-6-15(22-8-21-14)24-16-5-13(25-26-16)10-2-3-10/h4-10H,2-3H2,1H3,(H3,21,22,23,24,25,26). The Morgan fingerprint density at radius 1 is 1.08 bits per heavy atom. The molecule has 1 aliphatic rings. The Morgan fingerprint density at radius 2 is 1.88 bits per heavy atom. The van der Waals surface area contributed by atoms with Crippen LogP contribution in [0.4, 0.5) is 26.2 Å². The number of hydrogen-bond acceptors (Lipinski definition) is 6. The quantitative estimate of drug-likeness (QED) is 0.623. The van der Waals surface area contributed by atoms with Gasteiger partial charge in [0.2, 0.25) is 0 Å². The number of anilines is 3. The van der Waals surface area contributed by atoms with Gasteiger partial charge in [0.1, 0.15) is 29.6 Å². The lowest BCUT2D eigenvalue weighted by molar-refractivity contribution is 0.550. The first-order chi connectivity index (χ1) is 12.6. The normalized spacial score (nSPS) is 14.9. The lowest BCUT2D eigenvalue weighted by Crippen LogP contribution is -2.12. The molecule has 3 aromatic rings. The number of aromatic amines is 1. The Kier molecular flexibility index (Phi) is 4.19. The Balaban J connectivity index is 1.46. The van der Waals surface area contributed by atoms with Crippen LogP contribution in [0.25, 0.3) is 0 Å². The molecular formula is C17H17F2N7. The van der Waals surface area contributed by atoms with E-state index in [9.17, 15) is 8.78 Å². The van der Waals surface area contributed by atoms with Gasteiger partial charge in [0.05, 0.1) is 17.9 Å². The summed E-state index contributed by atoms with van der Waals surface area (Å²) in [5, 5.41) is 13.4. The maximum absolute atomic E-state index is 13.8. The van der Waals surface area contributed by atoms with Gasteiger partial charge in [-0.2, -0.15) is 5.10 Å². The summed E-state index contributed by atoms with van der Waals surface area (Å²) in [6.45, 7) is 1.72. The van der Waals surface area contributed by atoms with Crippen molar-refractivity contribution in [3.05, 3.63) is 53.7 Å². The van der Waals surface area contributed by atoms with E-state index in [2.05, 4.69) is 35.8 Å². The largest absolute Gasteiger partial charge is 0.362 e. The SMILES string of the molecule is CC(Nc1cc(Nc2cc(C3CC3)[nH]n2)ncn1)c1ncc(F)cc1F. The molecule has 0 saturated heterocycles. The fraction of sp³-hybridized carbons (Fsp3) is 0.294. The molecule has 1 atom stereocenters. The molecule has 7 nitrogen and oxygen atoms in total. The van der Waals surface area contributed by atoms with Crippen LogP contribution in [-0.2, 0) is 0 Å². The van der Waals surface area contributed by atoms with Gasteiger partial charge >= 0.3 is 0 Å². The van der Waals surface area contributed by atoms with Crippen molar-refractivity contribution in [3.8, 4) is 0 Å². The average molecular weight is 357 g/mol. The number of hydrogen-bond donors (Lipinski definition) is 3. The van der Waals surface area contributed by atoms with Crippen molar-refractivity contribution < 1.29 is 8.78 Å². The second-order valence-electron chi connectivity index (χ2n) is 6.28. The number of nitrogens with zero attached hydrogens (tertiary/aromatic N) is 4. The highest BCUT2D eigenvalue weighted by Gasteiger charge is 2.25. The van der Waals surface area contributed by atoms with Gasteiger partial charge in [-0.25, -0.2) is 18.7 Å². The number of H-pyrrole nitrogens is 1. The summed E-state index contributed by atoms with van der Waals surface area (Å²) in [5.41, 5.74) is 1.23. The van der Waals surface area contributed by atoms with E-state index >= 15 is 0 Å². The van der Waals surface area contributed by atoms with Crippen molar-refractivity contribution in [2.24, 2.45) is 0 Å². The van der Waals surface area contributed by atoms with Crippen molar-refractivity contribution in [3.63, 3.8) is 0 Å². The Morgan fingerprint density at radius 3 is 2.65 bits per heavy atom. The minimum absolute atomic E-state index is 0.112. The van der Waals surface area contributed by atoms with Crippen LogP contribution >= 0.6 is 0 Å². The monoisotopic (exact) mass is 357 g/mol. The summed E-state index contributed by atoms with van der Waals surface area (Å²) in [4.78, 5) is 12.1.